The summed E-state index contributed by atoms with van der Waals surface area (Å²) in [6.45, 7) is 2.80. The highest BCUT2D eigenvalue weighted by molar-refractivity contribution is 6.81. The van der Waals surface area contributed by atoms with Gasteiger partial charge in [-0.3, -0.25) is 0 Å². The van der Waals surface area contributed by atoms with E-state index in [0.29, 0.717) is 46.1 Å². The molecule has 0 spiro atoms. The van der Waals surface area contributed by atoms with Gasteiger partial charge >= 0.3 is 20.7 Å². The first kappa shape index (κ1) is 41.9. The molecule has 7 nitrogen and oxygen atoms in total. The molecule has 0 aliphatic carbocycles. The van der Waals surface area contributed by atoms with Crippen molar-refractivity contribution in [3.05, 3.63) is 180 Å². The zero-order valence-corrected chi connectivity index (χ0v) is 32.8. The van der Waals surface area contributed by atoms with Gasteiger partial charge in [-0.25, -0.2) is 0 Å². The Kier molecular flexibility index (Phi) is 16.8. The van der Waals surface area contributed by atoms with Gasteiger partial charge in [0.2, 0.25) is 0 Å². The Labute approximate surface area is 340 Å². The van der Waals surface area contributed by atoms with Crippen LogP contribution >= 0.6 is 0 Å². The summed E-state index contributed by atoms with van der Waals surface area (Å²) in [5.74, 6) is 0. The minimum absolute atomic E-state index is 0.0901. The van der Waals surface area contributed by atoms with Crippen LogP contribution in [0.15, 0.2) is 164 Å². The van der Waals surface area contributed by atoms with Crippen LogP contribution in [0.3, 0.4) is 0 Å². The maximum absolute atomic E-state index is 6.84. The van der Waals surface area contributed by atoms with Crippen LogP contribution in [0, 0.1) is 0 Å². The lowest BCUT2D eigenvalue weighted by atomic mass is 9.53. The van der Waals surface area contributed by atoms with Crippen molar-refractivity contribution in [1.29, 1.82) is 0 Å². The van der Waals surface area contributed by atoms with Crippen molar-refractivity contribution < 1.29 is 18.7 Å². The number of hydrogen-bond acceptors (Lipinski definition) is 7. The molecule has 1 atom stereocenters. The summed E-state index contributed by atoms with van der Waals surface area (Å²) in [7, 11) is 0. The Balaban J connectivity index is 1.22. The number of nitrogens with two attached hydrogens (primary N) is 3. The van der Waals surface area contributed by atoms with E-state index in [-0.39, 0.29) is 26.9 Å². The van der Waals surface area contributed by atoms with E-state index >= 15 is 0 Å². The normalized spacial score (nSPS) is 11.6. The second-order valence-corrected chi connectivity index (χ2v) is 14.2. The van der Waals surface area contributed by atoms with E-state index in [1.807, 2.05) is 42.5 Å². The molecule has 0 aromatic heterocycles. The molecule has 6 N–H and O–H groups in total. The first-order chi connectivity index (χ1) is 28.2. The van der Waals surface area contributed by atoms with Crippen LogP contribution in [0.2, 0.25) is 0 Å². The van der Waals surface area contributed by atoms with Crippen molar-refractivity contribution in [3.8, 4) is 0 Å². The fourth-order valence-corrected chi connectivity index (χ4v) is 7.28. The van der Waals surface area contributed by atoms with Crippen LogP contribution in [-0.2, 0) is 38.0 Å². The van der Waals surface area contributed by atoms with Crippen molar-refractivity contribution in [2.45, 2.75) is 25.4 Å². The zero-order chi connectivity index (χ0) is 39.5. The minimum atomic E-state index is -0.235. The van der Waals surface area contributed by atoms with Crippen molar-refractivity contribution in [3.63, 3.8) is 0 Å². The van der Waals surface area contributed by atoms with Gasteiger partial charge in [0.1, 0.15) is 0 Å². The molecular formula is C47H54B3N3O4. The minimum Gasteiger partial charge on any atom is -0.426 e. The maximum Gasteiger partial charge on any atom is 0.361 e. The Bertz CT molecular complexity index is 2010. The Morgan fingerprint density at radius 2 is 0.789 bits per heavy atom. The molecule has 0 saturated heterocycles. The average Bonchev–Trinajstić information content (AvgIpc) is 3.27. The van der Waals surface area contributed by atoms with Gasteiger partial charge in [0.05, 0.1) is 12.7 Å². The standard InChI is InChI=1S/C47H54B3N3O4/c51-29-33-55-48(41-13-4-1-5-14-41)44-24-20-38(21-25-44)28-32-54-46(36-39-22-26-45(27-23-39)49(56-34-30-52)42-15-6-2-7-16-42)37-40-12-10-11-19-47(40)50(57-35-31-53)43-17-8-3-9-18-43/h1-27,46H,28-37,51-53H2. The molecule has 0 aliphatic rings. The number of hydrogen-bond donors (Lipinski definition) is 3. The van der Waals surface area contributed by atoms with Gasteiger partial charge in [-0.15, -0.1) is 0 Å². The van der Waals surface area contributed by atoms with Crippen LogP contribution in [0.4, 0.5) is 0 Å². The molecule has 290 valence electrons. The predicted octanol–water partition coefficient (Wildman–Crippen LogP) is 2.34. The second-order valence-electron chi connectivity index (χ2n) is 14.2. The summed E-state index contributed by atoms with van der Waals surface area (Å²) < 4.78 is 25.7. The van der Waals surface area contributed by atoms with Gasteiger partial charge in [-0.1, -0.05) is 164 Å². The van der Waals surface area contributed by atoms with Gasteiger partial charge in [0, 0.05) is 39.5 Å². The van der Waals surface area contributed by atoms with Crippen molar-refractivity contribution in [1.82, 2.24) is 0 Å². The summed E-state index contributed by atoms with van der Waals surface area (Å²) in [5.41, 5.74) is 27.8. The van der Waals surface area contributed by atoms with Crippen LogP contribution in [0.25, 0.3) is 0 Å². The lowest BCUT2D eigenvalue weighted by Gasteiger charge is -2.23. The van der Waals surface area contributed by atoms with Crippen molar-refractivity contribution in [2.75, 3.05) is 46.1 Å². The Morgan fingerprint density at radius 1 is 0.386 bits per heavy atom. The van der Waals surface area contributed by atoms with Crippen LogP contribution in [0.1, 0.15) is 16.7 Å². The first-order valence-electron chi connectivity index (χ1n) is 20.1. The average molecular weight is 757 g/mol. The lowest BCUT2D eigenvalue weighted by molar-refractivity contribution is 0.0561. The Hall–Kier alpha value is -4.77. The molecule has 0 saturated carbocycles. The molecule has 10 heteroatoms. The molecule has 57 heavy (non-hydrogen) atoms. The van der Waals surface area contributed by atoms with E-state index < -0.39 is 0 Å². The molecule has 6 rings (SSSR count). The third kappa shape index (κ3) is 12.4. The molecule has 6 aromatic rings. The molecule has 0 fully saturated rings. The lowest BCUT2D eigenvalue weighted by Crippen LogP contribution is -2.47. The fourth-order valence-electron chi connectivity index (χ4n) is 7.28. The van der Waals surface area contributed by atoms with Crippen molar-refractivity contribution in [2.24, 2.45) is 17.2 Å². The van der Waals surface area contributed by atoms with E-state index in [1.165, 1.54) is 16.7 Å². The molecule has 0 bridgehead atoms. The molecule has 0 amide bonds. The summed E-state index contributed by atoms with van der Waals surface area (Å²) in [4.78, 5) is 0. The van der Waals surface area contributed by atoms with Gasteiger partial charge in [0.25, 0.3) is 0 Å². The van der Waals surface area contributed by atoms with Gasteiger partial charge in [-0.05, 0) is 68.7 Å². The molecule has 1 unspecified atom stereocenters. The zero-order valence-electron chi connectivity index (χ0n) is 32.8. The monoisotopic (exact) mass is 757 g/mol. The molecule has 0 heterocycles. The highest BCUT2D eigenvalue weighted by Crippen LogP contribution is 2.14. The number of ether oxygens (including phenoxy) is 1. The Morgan fingerprint density at radius 3 is 1.28 bits per heavy atom. The van der Waals surface area contributed by atoms with Crippen molar-refractivity contribution >= 4 is 53.5 Å². The fraction of sp³-hybridized carbons (Fsp3) is 0.234. The molecular weight excluding hydrogens is 703 g/mol. The van der Waals surface area contributed by atoms with Gasteiger partial charge in [0.15, 0.2) is 0 Å². The largest absolute Gasteiger partial charge is 0.426 e. The summed E-state index contributed by atoms with van der Waals surface area (Å²) in [5, 5.41) is 0. The smallest absolute Gasteiger partial charge is 0.361 e. The van der Waals surface area contributed by atoms with E-state index in [4.69, 9.17) is 35.9 Å². The summed E-state index contributed by atoms with van der Waals surface area (Å²) in [6.07, 6.45) is 2.15. The predicted molar refractivity (Wildman–Crippen MR) is 240 cm³/mol. The summed E-state index contributed by atoms with van der Waals surface area (Å²) in [6, 6.07) is 56.9. The number of benzene rings is 6. The van der Waals surface area contributed by atoms with E-state index in [2.05, 4.69) is 121 Å². The third-order valence-electron chi connectivity index (χ3n) is 10.1. The van der Waals surface area contributed by atoms with E-state index in [9.17, 15) is 0 Å². The molecule has 0 radical (unpaired) electrons. The molecule has 0 aliphatic heterocycles. The van der Waals surface area contributed by atoms with Crippen LogP contribution in [0.5, 0.6) is 0 Å². The second kappa shape index (κ2) is 22.8. The SMILES string of the molecule is NCCOB(c1ccccc1)c1ccc(CCOC(Cc2ccc(B(OCCN)c3ccccc3)cc2)Cc2ccccc2B(OCCN)c2ccccc2)cc1. The van der Waals surface area contributed by atoms with E-state index in [1.54, 1.807) is 0 Å². The quantitative estimate of drug-likeness (QED) is 0.0861. The first-order valence-corrected chi connectivity index (χ1v) is 20.1. The topological polar surface area (TPSA) is 115 Å². The number of rotatable bonds is 23. The van der Waals surface area contributed by atoms with Gasteiger partial charge < -0.3 is 35.9 Å². The van der Waals surface area contributed by atoms with Crippen LogP contribution in [-0.4, -0.2) is 72.9 Å². The summed E-state index contributed by atoms with van der Waals surface area (Å²) >= 11 is 0. The highest BCUT2D eigenvalue weighted by atomic mass is 16.5. The molecule has 6 aromatic carbocycles. The maximum atomic E-state index is 6.84. The van der Waals surface area contributed by atoms with E-state index in [0.717, 1.165) is 52.0 Å². The van der Waals surface area contributed by atoms with Crippen LogP contribution < -0.4 is 50.0 Å². The highest BCUT2D eigenvalue weighted by Gasteiger charge is 2.26. The van der Waals surface area contributed by atoms with Gasteiger partial charge in [-0.2, -0.15) is 0 Å². The third-order valence-corrected chi connectivity index (χ3v) is 10.1.